The lowest BCUT2D eigenvalue weighted by atomic mass is 10.2. The van der Waals surface area contributed by atoms with Crippen molar-refractivity contribution in [2.75, 3.05) is 29.9 Å². The number of pyridine rings is 1. The summed E-state index contributed by atoms with van der Waals surface area (Å²) in [7, 11) is 0. The molecule has 2 amide bonds. The fraction of sp³-hybridized carbons (Fsp3) is 0.360. The van der Waals surface area contributed by atoms with Crippen molar-refractivity contribution in [1.29, 1.82) is 0 Å². The van der Waals surface area contributed by atoms with Gasteiger partial charge < -0.3 is 20.3 Å². The zero-order chi connectivity index (χ0) is 23.8. The summed E-state index contributed by atoms with van der Waals surface area (Å²) in [6.45, 7) is 4.55. The van der Waals surface area contributed by atoms with Gasteiger partial charge in [-0.1, -0.05) is 18.9 Å². The molecular formula is C25H30N6O3. The molecule has 3 aromatic rings. The van der Waals surface area contributed by atoms with Crippen molar-refractivity contribution in [2.24, 2.45) is 0 Å². The fourth-order valence-corrected chi connectivity index (χ4v) is 3.84. The highest BCUT2D eigenvalue weighted by atomic mass is 16.5. The van der Waals surface area contributed by atoms with Crippen LogP contribution in [0.3, 0.4) is 0 Å². The van der Waals surface area contributed by atoms with Gasteiger partial charge in [0, 0.05) is 37.7 Å². The summed E-state index contributed by atoms with van der Waals surface area (Å²) >= 11 is 0. The van der Waals surface area contributed by atoms with Crippen LogP contribution in [0.15, 0.2) is 54.9 Å². The van der Waals surface area contributed by atoms with Gasteiger partial charge in [0.15, 0.2) is 5.69 Å². The maximum absolute atomic E-state index is 12.3. The summed E-state index contributed by atoms with van der Waals surface area (Å²) < 4.78 is 6.54. The number of anilines is 2. The number of hydrogen-bond donors (Lipinski definition) is 2. The minimum Gasteiger partial charge on any atom is -0.461 e. The third kappa shape index (κ3) is 6.12. The topological polar surface area (TPSA) is 101 Å². The van der Waals surface area contributed by atoms with E-state index in [0.717, 1.165) is 30.2 Å². The van der Waals surface area contributed by atoms with Crippen LogP contribution in [0.25, 0.3) is 5.69 Å². The van der Waals surface area contributed by atoms with Gasteiger partial charge in [0.25, 0.3) is 0 Å². The van der Waals surface area contributed by atoms with Crippen LogP contribution >= 0.6 is 0 Å². The molecule has 2 aromatic heterocycles. The Labute approximate surface area is 199 Å². The molecule has 1 aromatic carbocycles. The number of esters is 1. The smallest absolute Gasteiger partial charge is 0.358 e. The lowest BCUT2D eigenvalue weighted by molar-refractivity contribution is 0.0519. The van der Waals surface area contributed by atoms with E-state index in [4.69, 9.17) is 4.74 Å². The Kier molecular flexibility index (Phi) is 7.75. The number of benzene rings is 1. The Morgan fingerprint density at radius 1 is 1.00 bits per heavy atom. The number of rotatable bonds is 7. The molecule has 1 aliphatic rings. The molecule has 0 saturated carbocycles. The van der Waals surface area contributed by atoms with Gasteiger partial charge >= 0.3 is 12.0 Å². The molecule has 34 heavy (non-hydrogen) atoms. The Hall–Kier alpha value is -3.88. The van der Waals surface area contributed by atoms with Crippen LogP contribution in [0.4, 0.5) is 16.3 Å². The molecule has 0 aliphatic carbocycles. The first-order chi connectivity index (χ1) is 16.6. The molecule has 9 heteroatoms. The molecule has 0 radical (unpaired) electrons. The van der Waals surface area contributed by atoms with Crippen LogP contribution in [0.5, 0.6) is 0 Å². The number of urea groups is 1. The Bertz CT molecular complexity index is 1090. The maximum atomic E-state index is 12.3. The summed E-state index contributed by atoms with van der Waals surface area (Å²) in [5.41, 5.74) is 2.60. The van der Waals surface area contributed by atoms with Crippen molar-refractivity contribution in [3.63, 3.8) is 0 Å². The zero-order valence-electron chi connectivity index (χ0n) is 19.4. The summed E-state index contributed by atoms with van der Waals surface area (Å²) in [6.07, 6.45) is 8.51. The quantitative estimate of drug-likeness (QED) is 0.512. The normalized spacial score (nSPS) is 13.7. The molecule has 1 saturated heterocycles. The van der Waals surface area contributed by atoms with Gasteiger partial charge in [-0.3, -0.25) is 0 Å². The van der Waals surface area contributed by atoms with Gasteiger partial charge in [-0.2, -0.15) is 5.10 Å². The first-order valence-electron chi connectivity index (χ1n) is 11.7. The van der Waals surface area contributed by atoms with Crippen molar-refractivity contribution in [3.05, 3.63) is 66.1 Å². The van der Waals surface area contributed by atoms with Gasteiger partial charge in [-0.05, 0) is 61.7 Å². The number of nitrogens with one attached hydrogen (secondary N) is 2. The summed E-state index contributed by atoms with van der Waals surface area (Å²) in [5, 5.41) is 9.90. The monoisotopic (exact) mass is 462 g/mol. The zero-order valence-corrected chi connectivity index (χ0v) is 19.4. The van der Waals surface area contributed by atoms with Crippen molar-refractivity contribution >= 4 is 23.5 Å². The predicted molar refractivity (Wildman–Crippen MR) is 130 cm³/mol. The SMILES string of the molecule is CCOC(=O)c1ccn(-c2ccc(NC(=O)NCc3ccc(N4CCCCCC4)nc3)cc2)n1. The molecule has 178 valence electrons. The largest absolute Gasteiger partial charge is 0.461 e. The number of aromatic nitrogens is 3. The van der Waals surface area contributed by atoms with Crippen molar-refractivity contribution < 1.29 is 14.3 Å². The third-order valence-corrected chi connectivity index (χ3v) is 5.66. The molecular weight excluding hydrogens is 432 g/mol. The standard InChI is InChI=1S/C25H30N6O3/c1-2-34-24(32)22-13-16-31(29-22)21-10-8-20(9-11-21)28-25(33)27-18-19-7-12-23(26-17-19)30-14-5-3-4-6-15-30/h7-13,16-17H,2-6,14-15,18H2,1H3,(H2,27,28,33). The van der Waals surface area contributed by atoms with E-state index >= 15 is 0 Å². The summed E-state index contributed by atoms with van der Waals surface area (Å²) in [4.78, 5) is 31.0. The van der Waals surface area contributed by atoms with Crippen LogP contribution in [0.2, 0.25) is 0 Å². The first kappa shape index (κ1) is 23.3. The first-order valence-corrected chi connectivity index (χ1v) is 11.7. The van der Waals surface area contributed by atoms with Crippen LogP contribution < -0.4 is 15.5 Å². The predicted octanol–water partition coefficient (Wildman–Crippen LogP) is 4.15. The second-order valence-electron chi connectivity index (χ2n) is 8.15. The van der Waals surface area contributed by atoms with Gasteiger partial charge in [-0.15, -0.1) is 0 Å². The van der Waals surface area contributed by atoms with E-state index in [0.29, 0.717) is 18.8 Å². The van der Waals surface area contributed by atoms with E-state index in [1.54, 1.807) is 36.0 Å². The average molecular weight is 463 g/mol. The number of ether oxygens (including phenoxy) is 1. The van der Waals surface area contributed by atoms with E-state index in [9.17, 15) is 9.59 Å². The van der Waals surface area contributed by atoms with Gasteiger partial charge in [0.05, 0.1) is 12.3 Å². The fourth-order valence-electron chi connectivity index (χ4n) is 3.84. The van der Waals surface area contributed by atoms with Crippen molar-refractivity contribution in [3.8, 4) is 5.69 Å². The van der Waals surface area contributed by atoms with E-state index in [1.807, 2.05) is 30.5 Å². The third-order valence-electron chi connectivity index (χ3n) is 5.66. The van der Waals surface area contributed by atoms with Gasteiger partial charge in [0.2, 0.25) is 0 Å². The summed E-state index contributed by atoms with van der Waals surface area (Å²) in [6, 6.07) is 12.5. The molecule has 3 heterocycles. The molecule has 0 bridgehead atoms. The highest BCUT2D eigenvalue weighted by Crippen LogP contribution is 2.18. The number of amides is 2. The lowest BCUT2D eigenvalue weighted by Crippen LogP contribution is -2.28. The molecule has 1 aliphatic heterocycles. The highest BCUT2D eigenvalue weighted by Gasteiger charge is 2.12. The van der Waals surface area contributed by atoms with Gasteiger partial charge in [-0.25, -0.2) is 19.3 Å². The lowest BCUT2D eigenvalue weighted by Gasteiger charge is -2.21. The Morgan fingerprint density at radius 2 is 1.76 bits per heavy atom. The molecule has 0 atom stereocenters. The van der Waals surface area contributed by atoms with Crippen LogP contribution in [-0.4, -0.2) is 46.5 Å². The molecule has 2 N–H and O–H groups in total. The van der Waals surface area contributed by atoms with E-state index < -0.39 is 5.97 Å². The minimum absolute atomic E-state index is 0.248. The second-order valence-corrected chi connectivity index (χ2v) is 8.15. The van der Waals surface area contributed by atoms with Crippen molar-refractivity contribution in [1.82, 2.24) is 20.1 Å². The van der Waals surface area contributed by atoms with Gasteiger partial charge in [0.1, 0.15) is 5.82 Å². The van der Waals surface area contributed by atoms with E-state index in [-0.39, 0.29) is 11.7 Å². The average Bonchev–Trinajstić information content (AvgIpc) is 3.20. The Balaban J connectivity index is 1.27. The minimum atomic E-state index is -0.456. The maximum Gasteiger partial charge on any atom is 0.358 e. The summed E-state index contributed by atoms with van der Waals surface area (Å²) in [5.74, 6) is 0.546. The number of nitrogens with zero attached hydrogens (tertiary/aromatic N) is 4. The number of hydrogen-bond acceptors (Lipinski definition) is 6. The van der Waals surface area contributed by atoms with E-state index in [1.165, 1.54) is 25.7 Å². The molecule has 0 unspecified atom stereocenters. The highest BCUT2D eigenvalue weighted by molar-refractivity contribution is 5.89. The van der Waals surface area contributed by atoms with Crippen molar-refractivity contribution in [2.45, 2.75) is 39.2 Å². The molecule has 1 fully saturated rings. The van der Waals surface area contributed by atoms with Crippen LogP contribution in [-0.2, 0) is 11.3 Å². The molecule has 9 nitrogen and oxygen atoms in total. The van der Waals surface area contributed by atoms with E-state index in [2.05, 4.69) is 25.6 Å². The van der Waals surface area contributed by atoms with Crippen LogP contribution in [0, 0.1) is 0 Å². The molecule has 4 rings (SSSR count). The number of carbonyl (C=O) groups excluding carboxylic acids is 2. The number of carbonyl (C=O) groups is 2. The second kappa shape index (κ2) is 11.3. The molecule has 0 spiro atoms. The van der Waals surface area contributed by atoms with Crippen LogP contribution in [0.1, 0.15) is 48.7 Å². The Morgan fingerprint density at radius 3 is 2.44 bits per heavy atom.